The van der Waals surface area contributed by atoms with Crippen molar-refractivity contribution < 1.29 is 9.18 Å². The molecule has 0 bridgehead atoms. The van der Waals surface area contributed by atoms with Crippen molar-refractivity contribution >= 4 is 29.7 Å². The predicted octanol–water partition coefficient (Wildman–Crippen LogP) is 3.54. The van der Waals surface area contributed by atoms with Crippen LogP contribution in [0.1, 0.15) is 23.0 Å². The van der Waals surface area contributed by atoms with Crippen LogP contribution < -0.4 is 5.32 Å². The number of aromatic nitrogens is 5. The van der Waals surface area contributed by atoms with Crippen LogP contribution in [0, 0.1) is 5.82 Å². The molecule has 4 rings (SSSR count). The van der Waals surface area contributed by atoms with Crippen molar-refractivity contribution in [1.29, 1.82) is 0 Å². The van der Waals surface area contributed by atoms with Gasteiger partial charge in [0.15, 0.2) is 17.3 Å². The molecule has 1 aromatic carbocycles. The number of pyridine rings is 1. The van der Waals surface area contributed by atoms with E-state index in [-0.39, 0.29) is 11.4 Å². The maximum Gasteiger partial charge on any atom is 0.274 e. The third-order valence-corrected chi connectivity index (χ3v) is 5.00. The molecule has 33 heavy (non-hydrogen) atoms. The predicted molar refractivity (Wildman–Crippen MR) is 125 cm³/mol. The number of aliphatic imine (C=N–C) groups is 2. The molecular formula is C23H21FN8O. The second-order valence-electron chi connectivity index (χ2n) is 7.19. The number of halogens is 1. The van der Waals surface area contributed by atoms with Gasteiger partial charge in [-0.05, 0) is 19.2 Å². The van der Waals surface area contributed by atoms with Gasteiger partial charge in [-0.3, -0.25) is 19.5 Å². The Morgan fingerprint density at radius 3 is 2.73 bits per heavy atom. The average Bonchev–Trinajstić information content (AvgIpc) is 3.38. The van der Waals surface area contributed by atoms with Crippen LogP contribution in [0.3, 0.4) is 0 Å². The normalized spacial score (nSPS) is 12.2. The molecule has 166 valence electrons. The maximum atomic E-state index is 14.8. The number of allylic oxidation sites excluding steroid dienone is 1. The third kappa shape index (κ3) is 4.18. The van der Waals surface area contributed by atoms with Gasteiger partial charge in [0.25, 0.3) is 5.91 Å². The number of carbonyl (C=O) groups excluding carboxylic acids is 1. The van der Waals surface area contributed by atoms with Crippen LogP contribution in [0.2, 0.25) is 0 Å². The van der Waals surface area contributed by atoms with E-state index < -0.39 is 11.7 Å². The monoisotopic (exact) mass is 444 g/mol. The summed E-state index contributed by atoms with van der Waals surface area (Å²) in [6, 6.07) is 10.8. The summed E-state index contributed by atoms with van der Waals surface area (Å²) in [5, 5.41) is 11.1. The van der Waals surface area contributed by atoms with E-state index in [2.05, 4.69) is 37.2 Å². The number of hydrogen-bond donors (Lipinski definition) is 1. The lowest BCUT2D eigenvalue weighted by molar-refractivity contribution is 0.101. The van der Waals surface area contributed by atoms with Crippen LogP contribution in [0.15, 0.2) is 70.5 Å². The summed E-state index contributed by atoms with van der Waals surface area (Å²) in [7, 11) is 3.23. The number of nitrogens with zero attached hydrogens (tertiary/aromatic N) is 7. The first-order chi connectivity index (χ1) is 15.9. The average molecular weight is 444 g/mol. The van der Waals surface area contributed by atoms with Gasteiger partial charge >= 0.3 is 0 Å². The lowest BCUT2D eigenvalue weighted by Crippen LogP contribution is -2.20. The molecule has 0 fully saturated rings. The number of hydrogen-bond acceptors (Lipinski definition) is 6. The second-order valence-corrected chi connectivity index (χ2v) is 7.19. The van der Waals surface area contributed by atoms with E-state index in [1.54, 1.807) is 27.2 Å². The van der Waals surface area contributed by atoms with Crippen molar-refractivity contribution in [2.75, 3.05) is 12.4 Å². The minimum absolute atomic E-state index is 0.0262. The van der Waals surface area contributed by atoms with Crippen molar-refractivity contribution in [2.24, 2.45) is 17.0 Å². The van der Waals surface area contributed by atoms with Crippen LogP contribution in [0.5, 0.6) is 0 Å². The van der Waals surface area contributed by atoms with Gasteiger partial charge in [-0.1, -0.05) is 30.3 Å². The number of aryl methyl sites for hydroxylation is 1. The Labute approximate surface area is 189 Å². The molecule has 3 heterocycles. The molecule has 9 nitrogen and oxygen atoms in total. The Bertz CT molecular complexity index is 1420. The molecule has 10 heteroatoms. The van der Waals surface area contributed by atoms with Gasteiger partial charge < -0.3 is 5.32 Å². The molecule has 0 atom stereocenters. The van der Waals surface area contributed by atoms with Crippen LogP contribution in [0.25, 0.3) is 17.0 Å². The van der Waals surface area contributed by atoms with Gasteiger partial charge in [0.05, 0.1) is 29.4 Å². The van der Waals surface area contributed by atoms with E-state index in [1.807, 2.05) is 30.3 Å². The quantitative estimate of drug-likeness (QED) is 0.460. The summed E-state index contributed by atoms with van der Waals surface area (Å²) in [4.78, 5) is 25.6. The van der Waals surface area contributed by atoms with Gasteiger partial charge in [-0.15, -0.1) is 5.10 Å². The van der Waals surface area contributed by atoms with Crippen LogP contribution >= 0.6 is 0 Å². The standard InChI is InChI=1S/C23H21FN8O/c1-14(11-25-2)20(26-3)16-12-27-31(4)21(16)23(33)28-18-10-19-29-22(15-8-6-5-7-9-15)30-32(19)13-17(18)24/h5-13H,2H2,1,3-4H3,(H,28,33)/b14-11-,26-20?. The molecule has 0 spiro atoms. The largest absolute Gasteiger partial charge is 0.318 e. The molecule has 0 aliphatic heterocycles. The molecular weight excluding hydrogens is 423 g/mol. The van der Waals surface area contributed by atoms with Crippen molar-refractivity contribution in [1.82, 2.24) is 24.4 Å². The number of benzene rings is 1. The summed E-state index contributed by atoms with van der Waals surface area (Å²) < 4.78 is 17.6. The molecule has 1 N–H and O–H groups in total. The Morgan fingerprint density at radius 1 is 1.27 bits per heavy atom. The van der Waals surface area contributed by atoms with E-state index in [9.17, 15) is 9.18 Å². The number of anilines is 1. The fourth-order valence-corrected chi connectivity index (χ4v) is 3.48. The molecule has 0 radical (unpaired) electrons. The molecule has 0 saturated heterocycles. The van der Waals surface area contributed by atoms with E-state index in [0.29, 0.717) is 28.3 Å². The molecule has 1 amide bonds. The van der Waals surface area contributed by atoms with Crippen molar-refractivity contribution in [3.05, 3.63) is 77.6 Å². The van der Waals surface area contributed by atoms with Gasteiger partial charge in [0.1, 0.15) is 5.69 Å². The Morgan fingerprint density at radius 2 is 2.03 bits per heavy atom. The summed E-state index contributed by atoms with van der Waals surface area (Å²) in [5.41, 5.74) is 3.11. The zero-order chi connectivity index (χ0) is 23.5. The van der Waals surface area contributed by atoms with Gasteiger partial charge in [-0.2, -0.15) is 5.10 Å². The molecule has 0 aliphatic carbocycles. The zero-order valence-corrected chi connectivity index (χ0v) is 18.3. The molecule has 0 unspecified atom stereocenters. The SMILES string of the molecule is C=N/C=C(/C)C(=NC)c1cnn(C)c1C(=O)Nc1cc2nc(-c3ccccc3)nn2cc1F. The Balaban J connectivity index is 1.69. The topological polar surface area (TPSA) is 102 Å². The van der Waals surface area contributed by atoms with Crippen LogP contribution in [-0.4, -0.2) is 49.8 Å². The second kappa shape index (κ2) is 8.95. The highest BCUT2D eigenvalue weighted by molar-refractivity contribution is 6.19. The fraction of sp³-hybridized carbons (Fsp3) is 0.130. The maximum absolute atomic E-state index is 14.8. The molecule has 4 aromatic rings. The minimum Gasteiger partial charge on any atom is -0.318 e. The van der Waals surface area contributed by atoms with E-state index in [1.165, 1.54) is 27.7 Å². The van der Waals surface area contributed by atoms with Crippen LogP contribution in [-0.2, 0) is 7.05 Å². The van der Waals surface area contributed by atoms with Crippen molar-refractivity contribution in [2.45, 2.75) is 6.92 Å². The smallest absolute Gasteiger partial charge is 0.274 e. The highest BCUT2D eigenvalue weighted by Crippen LogP contribution is 2.22. The summed E-state index contributed by atoms with van der Waals surface area (Å²) in [5.74, 6) is -0.744. The highest BCUT2D eigenvalue weighted by Gasteiger charge is 2.23. The molecule has 0 aliphatic rings. The van der Waals surface area contributed by atoms with Crippen LogP contribution in [0.4, 0.5) is 10.1 Å². The van der Waals surface area contributed by atoms with Gasteiger partial charge in [0.2, 0.25) is 0 Å². The summed E-state index contributed by atoms with van der Waals surface area (Å²) in [6.45, 7) is 5.25. The first-order valence-electron chi connectivity index (χ1n) is 9.97. The van der Waals surface area contributed by atoms with E-state index in [0.717, 1.165) is 5.56 Å². The number of nitrogens with one attached hydrogen (secondary N) is 1. The Hall–Kier alpha value is -4.47. The number of fused-ring (bicyclic) bond motifs is 1. The summed E-state index contributed by atoms with van der Waals surface area (Å²) >= 11 is 0. The minimum atomic E-state index is -0.652. The van der Waals surface area contributed by atoms with Crippen molar-refractivity contribution in [3.8, 4) is 11.4 Å². The van der Waals surface area contributed by atoms with Gasteiger partial charge in [-0.25, -0.2) is 13.9 Å². The van der Waals surface area contributed by atoms with Crippen molar-refractivity contribution in [3.63, 3.8) is 0 Å². The van der Waals surface area contributed by atoms with E-state index >= 15 is 0 Å². The zero-order valence-electron chi connectivity index (χ0n) is 18.3. The fourth-order valence-electron chi connectivity index (χ4n) is 3.48. The number of rotatable bonds is 6. The molecule has 3 aromatic heterocycles. The molecule has 0 saturated carbocycles. The first-order valence-corrected chi connectivity index (χ1v) is 9.97. The lowest BCUT2D eigenvalue weighted by Gasteiger charge is -2.10. The summed E-state index contributed by atoms with van der Waals surface area (Å²) in [6.07, 6.45) is 4.25. The third-order valence-electron chi connectivity index (χ3n) is 5.00. The first kappa shape index (κ1) is 21.8. The number of amides is 1. The highest BCUT2D eigenvalue weighted by atomic mass is 19.1. The Kier molecular flexibility index (Phi) is 5.90. The lowest BCUT2D eigenvalue weighted by atomic mass is 10.0. The number of carbonyl (C=O) groups is 1. The van der Waals surface area contributed by atoms with E-state index in [4.69, 9.17) is 0 Å². The van der Waals surface area contributed by atoms with Gasteiger partial charge in [0, 0.05) is 31.9 Å².